The smallest absolute Gasteiger partial charge is 0.249 e. The second-order valence-electron chi connectivity index (χ2n) is 20.0. The molecule has 11 heteroatoms. The van der Waals surface area contributed by atoms with E-state index in [0.29, 0.717) is 19.3 Å². The van der Waals surface area contributed by atoms with Crippen molar-refractivity contribution in [3.05, 3.63) is 24.3 Å². The first-order valence-corrected chi connectivity index (χ1v) is 28.2. The van der Waals surface area contributed by atoms with E-state index in [2.05, 4.69) is 43.5 Å². The van der Waals surface area contributed by atoms with Gasteiger partial charge in [0.05, 0.1) is 25.4 Å². The number of rotatable bonds is 48. The Hall–Kier alpha value is -1.41. The standard InChI is InChI=1S/C56H107NO10/c1-3-5-7-9-11-13-15-17-18-19-20-21-22-23-24-25-26-27-28-29-30-31-32-34-36-38-40-42-44-49(60)55(65)57-47(46-66-56-54(64)53(63)52(62)50(45-58)67-56)51(61)48(59)43-41-39-37-35-33-16-14-12-10-8-6-4-2/h12,14,35,37,47-54,56,58-64H,3-11,13,15-34,36,38-46H2,1-2H3,(H,57,65)/b14-12+,37-35+. The molecule has 1 fully saturated rings. The van der Waals surface area contributed by atoms with Crippen molar-refractivity contribution in [2.45, 2.75) is 313 Å². The van der Waals surface area contributed by atoms with Crippen molar-refractivity contribution in [1.82, 2.24) is 5.32 Å². The Morgan fingerprint density at radius 2 is 0.896 bits per heavy atom. The molecule has 1 rings (SSSR count). The number of amides is 1. The minimum absolute atomic E-state index is 0.247. The molecule has 0 aromatic rings. The maximum absolute atomic E-state index is 13.1. The Balaban J connectivity index is 2.24. The topological polar surface area (TPSA) is 189 Å². The zero-order valence-corrected chi connectivity index (χ0v) is 43.1. The van der Waals surface area contributed by atoms with Crippen molar-refractivity contribution in [2.75, 3.05) is 13.2 Å². The predicted octanol–water partition coefficient (Wildman–Crippen LogP) is 11.3. The van der Waals surface area contributed by atoms with Crippen LogP contribution in [0.15, 0.2) is 24.3 Å². The second-order valence-corrected chi connectivity index (χ2v) is 20.0. The van der Waals surface area contributed by atoms with E-state index in [0.717, 1.165) is 38.5 Å². The summed E-state index contributed by atoms with van der Waals surface area (Å²) in [6.45, 7) is 3.41. The molecule has 0 aliphatic carbocycles. The quantitative estimate of drug-likeness (QED) is 0.0215. The van der Waals surface area contributed by atoms with Gasteiger partial charge in [0.1, 0.15) is 36.6 Å². The lowest BCUT2D eigenvalue weighted by Gasteiger charge is -2.40. The van der Waals surface area contributed by atoms with E-state index in [9.17, 15) is 40.5 Å². The number of carbonyl (C=O) groups excluding carboxylic acids is 1. The van der Waals surface area contributed by atoms with Gasteiger partial charge >= 0.3 is 0 Å². The highest BCUT2D eigenvalue weighted by molar-refractivity contribution is 5.80. The van der Waals surface area contributed by atoms with Crippen molar-refractivity contribution in [2.24, 2.45) is 0 Å². The number of allylic oxidation sites excluding steroid dienone is 4. The Bertz CT molecular complexity index is 1140. The lowest BCUT2D eigenvalue weighted by atomic mass is 9.98. The van der Waals surface area contributed by atoms with Crippen LogP contribution in [0.3, 0.4) is 0 Å². The van der Waals surface area contributed by atoms with Crippen LogP contribution in [0.5, 0.6) is 0 Å². The predicted molar refractivity (Wildman–Crippen MR) is 275 cm³/mol. The van der Waals surface area contributed by atoms with E-state index in [1.165, 1.54) is 173 Å². The minimum atomic E-state index is -1.67. The number of hydrogen-bond acceptors (Lipinski definition) is 10. The van der Waals surface area contributed by atoms with Gasteiger partial charge in [-0.2, -0.15) is 0 Å². The lowest BCUT2D eigenvalue weighted by Crippen LogP contribution is -2.60. The Kier molecular flexibility index (Phi) is 43.4. The fourth-order valence-electron chi connectivity index (χ4n) is 9.11. The summed E-state index contributed by atoms with van der Waals surface area (Å²) in [4.78, 5) is 13.1. The largest absolute Gasteiger partial charge is 0.394 e. The van der Waals surface area contributed by atoms with Crippen molar-refractivity contribution in [3.63, 3.8) is 0 Å². The van der Waals surface area contributed by atoms with Crippen LogP contribution in [0.25, 0.3) is 0 Å². The van der Waals surface area contributed by atoms with Gasteiger partial charge < -0.3 is 50.5 Å². The van der Waals surface area contributed by atoms with E-state index in [4.69, 9.17) is 9.47 Å². The number of nitrogens with one attached hydrogen (secondary N) is 1. The summed E-state index contributed by atoms with van der Waals surface area (Å²) >= 11 is 0. The highest BCUT2D eigenvalue weighted by atomic mass is 16.7. The van der Waals surface area contributed by atoms with Crippen LogP contribution in [0, 0.1) is 0 Å². The van der Waals surface area contributed by atoms with E-state index in [1.807, 2.05) is 0 Å². The molecule has 11 nitrogen and oxygen atoms in total. The molecule has 0 bridgehead atoms. The number of hydrogen-bond donors (Lipinski definition) is 8. The number of carbonyl (C=O) groups is 1. The Morgan fingerprint density at radius 1 is 0.507 bits per heavy atom. The molecule has 0 aromatic heterocycles. The monoisotopic (exact) mass is 954 g/mol. The summed E-state index contributed by atoms with van der Waals surface area (Å²) in [5, 5.41) is 75.8. The summed E-state index contributed by atoms with van der Waals surface area (Å²) in [5.41, 5.74) is 0. The maximum Gasteiger partial charge on any atom is 0.249 e. The number of ether oxygens (including phenoxy) is 2. The van der Waals surface area contributed by atoms with Gasteiger partial charge in [-0.1, -0.05) is 231 Å². The van der Waals surface area contributed by atoms with E-state index in [-0.39, 0.29) is 12.8 Å². The minimum Gasteiger partial charge on any atom is -0.394 e. The average molecular weight is 954 g/mol. The molecule has 0 saturated carbocycles. The highest BCUT2D eigenvalue weighted by Gasteiger charge is 2.44. The SMILES string of the molecule is CCCCC/C=C/CC/C=C/CCCC(O)C(O)C(COC1OC(CO)C(O)C(O)C1O)NC(=O)C(O)CCCCCCCCCCCCCCCCCCCCCCCCCCCCCC. The van der Waals surface area contributed by atoms with Gasteiger partial charge in [0.15, 0.2) is 6.29 Å². The van der Waals surface area contributed by atoms with Gasteiger partial charge in [-0.05, 0) is 51.4 Å². The van der Waals surface area contributed by atoms with Crippen molar-refractivity contribution in [1.29, 1.82) is 0 Å². The first kappa shape index (κ1) is 63.6. The normalized spacial score (nSPS) is 20.8. The highest BCUT2D eigenvalue weighted by Crippen LogP contribution is 2.23. The molecular weight excluding hydrogens is 847 g/mol. The molecule has 1 aliphatic rings. The third kappa shape index (κ3) is 34.5. The van der Waals surface area contributed by atoms with E-state index >= 15 is 0 Å². The Morgan fingerprint density at radius 3 is 1.33 bits per heavy atom. The lowest BCUT2D eigenvalue weighted by molar-refractivity contribution is -0.303. The number of aliphatic hydroxyl groups is 7. The fourth-order valence-corrected chi connectivity index (χ4v) is 9.11. The zero-order valence-electron chi connectivity index (χ0n) is 43.1. The number of aliphatic hydroxyl groups excluding tert-OH is 7. The van der Waals surface area contributed by atoms with Crippen LogP contribution in [-0.4, -0.2) is 110 Å². The number of unbranched alkanes of at least 4 members (excludes halogenated alkanes) is 32. The van der Waals surface area contributed by atoms with Crippen LogP contribution in [0.4, 0.5) is 0 Å². The molecule has 1 amide bonds. The third-order valence-electron chi connectivity index (χ3n) is 13.7. The van der Waals surface area contributed by atoms with Gasteiger partial charge in [-0.3, -0.25) is 4.79 Å². The van der Waals surface area contributed by atoms with Crippen LogP contribution in [-0.2, 0) is 14.3 Å². The van der Waals surface area contributed by atoms with Crippen LogP contribution in [0.1, 0.15) is 258 Å². The first-order valence-electron chi connectivity index (χ1n) is 28.2. The fraction of sp³-hybridized carbons (Fsp3) is 0.911. The summed E-state index contributed by atoms with van der Waals surface area (Å²) < 4.78 is 11.1. The summed E-state index contributed by atoms with van der Waals surface area (Å²) in [6, 6.07) is -1.19. The van der Waals surface area contributed by atoms with Crippen molar-refractivity contribution in [3.8, 4) is 0 Å². The summed E-state index contributed by atoms with van der Waals surface area (Å²) in [5.74, 6) is -0.707. The Labute approximate surface area is 410 Å². The second kappa shape index (κ2) is 45.7. The molecule has 9 unspecified atom stereocenters. The van der Waals surface area contributed by atoms with Crippen LogP contribution in [0.2, 0.25) is 0 Å². The molecule has 8 N–H and O–H groups in total. The molecule has 1 heterocycles. The van der Waals surface area contributed by atoms with Crippen molar-refractivity contribution < 1.29 is 50.0 Å². The van der Waals surface area contributed by atoms with Gasteiger partial charge in [0, 0.05) is 0 Å². The third-order valence-corrected chi connectivity index (χ3v) is 13.7. The molecule has 9 atom stereocenters. The molecule has 1 saturated heterocycles. The first-order chi connectivity index (χ1) is 32.7. The van der Waals surface area contributed by atoms with Gasteiger partial charge in [-0.15, -0.1) is 0 Å². The van der Waals surface area contributed by atoms with Crippen molar-refractivity contribution >= 4 is 5.91 Å². The van der Waals surface area contributed by atoms with Gasteiger partial charge in [0.25, 0.3) is 0 Å². The van der Waals surface area contributed by atoms with Gasteiger partial charge in [-0.25, -0.2) is 0 Å². The average Bonchev–Trinajstić information content (AvgIpc) is 3.33. The maximum atomic E-state index is 13.1. The van der Waals surface area contributed by atoms with E-state index in [1.54, 1.807) is 0 Å². The molecular formula is C56H107NO10. The van der Waals surface area contributed by atoms with Gasteiger partial charge in [0.2, 0.25) is 5.91 Å². The molecule has 1 aliphatic heterocycles. The molecule has 0 spiro atoms. The van der Waals surface area contributed by atoms with Crippen LogP contribution < -0.4 is 5.32 Å². The molecule has 0 aromatic carbocycles. The summed E-state index contributed by atoms with van der Waals surface area (Å²) in [6.07, 6.45) is 42.6. The summed E-state index contributed by atoms with van der Waals surface area (Å²) in [7, 11) is 0. The molecule has 0 radical (unpaired) electrons. The molecule has 67 heavy (non-hydrogen) atoms. The van der Waals surface area contributed by atoms with Crippen LogP contribution >= 0.6 is 0 Å². The zero-order chi connectivity index (χ0) is 49.0. The van der Waals surface area contributed by atoms with E-state index < -0.39 is 74.2 Å². The molecule has 396 valence electrons.